The fraction of sp³-hybridized carbons (Fsp3) is 0.261. The first-order valence-electron chi connectivity index (χ1n) is 9.61. The van der Waals surface area contributed by atoms with Crippen molar-refractivity contribution in [3.05, 3.63) is 70.7 Å². The molecule has 6 heteroatoms. The Labute approximate surface area is 168 Å². The minimum Gasteiger partial charge on any atom is -0.507 e. The summed E-state index contributed by atoms with van der Waals surface area (Å²) in [7, 11) is 1.77. The van der Waals surface area contributed by atoms with E-state index in [1.807, 2.05) is 42.5 Å². The van der Waals surface area contributed by atoms with Gasteiger partial charge in [0, 0.05) is 7.05 Å². The Bertz CT molecular complexity index is 1170. The fourth-order valence-electron chi connectivity index (χ4n) is 3.76. The number of carbonyl (C=O) groups excluding carboxylic acids is 1. The van der Waals surface area contributed by atoms with Crippen LogP contribution < -0.4 is 0 Å². The second-order valence-corrected chi connectivity index (χ2v) is 7.18. The van der Waals surface area contributed by atoms with Crippen molar-refractivity contribution in [1.29, 1.82) is 5.26 Å². The van der Waals surface area contributed by atoms with Gasteiger partial charge in [0.05, 0.1) is 16.6 Å². The van der Waals surface area contributed by atoms with E-state index in [0.717, 1.165) is 30.3 Å². The van der Waals surface area contributed by atoms with Gasteiger partial charge in [0.2, 0.25) is 0 Å². The van der Waals surface area contributed by atoms with E-state index in [1.54, 1.807) is 17.7 Å². The van der Waals surface area contributed by atoms with Gasteiger partial charge in [-0.2, -0.15) is 5.26 Å². The molecule has 0 fully saturated rings. The van der Waals surface area contributed by atoms with Crippen LogP contribution in [0.25, 0.3) is 16.6 Å². The molecule has 1 aromatic heterocycles. The van der Waals surface area contributed by atoms with Gasteiger partial charge in [-0.05, 0) is 61.1 Å². The van der Waals surface area contributed by atoms with Crippen LogP contribution in [0.5, 0.6) is 0 Å². The summed E-state index contributed by atoms with van der Waals surface area (Å²) < 4.78 is 7.00. The maximum atomic E-state index is 12.4. The Balaban J connectivity index is 1.54. The van der Waals surface area contributed by atoms with Crippen molar-refractivity contribution in [2.24, 2.45) is 7.05 Å². The lowest BCUT2D eigenvalue weighted by Gasteiger charge is -2.16. The molecule has 2 aromatic carbocycles. The van der Waals surface area contributed by atoms with E-state index in [9.17, 15) is 15.2 Å². The van der Waals surface area contributed by atoms with Crippen LogP contribution in [0.15, 0.2) is 48.2 Å². The van der Waals surface area contributed by atoms with Crippen molar-refractivity contribution in [3.63, 3.8) is 0 Å². The number of aryl methyl sites for hydroxylation is 3. The van der Waals surface area contributed by atoms with Crippen LogP contribution in [0.4, 0.5) is 0 Å². The second kappa shape index (κ2) is 7.80. The molecule has 0 bridgehead atoms. The lowest BCUT2D eigenvalue weighted by atomic mass is 9.90. The first-order valence-corrected chi connectivity index (χ1v) is 9.61. The molecular weight excluding hydrogens is 366 g/mol. The minimum absolute atomic E-state index is 0.0121. The number of esters is 1. The normalized spacial score (nSPS) is 14.1. The molecule has 1 aliphatic carbocycles. The number of carbonyl (C=O) groups is 1. The van der Waals surface area contributed by atoms with E-state index in [4.69, 9.17) is 4.74 Å². The summed E-state index contributed by atoms with van der Waals surface area (Å²) in [4.78, 5) is 16.9. The van der Waals surface area contributed by atoms with E-state index >= 15 is 0 Å². The number of nitriles is 1. The quantitative estimate of drug-likeness (QED) is 0.414. The predicted octanol–water partition coefficient (Wildman–Crippen LogP) is 4.10. The first-order chi connectivity index (χ1) is 14.1. The summed E-state index contributed by atoms with van der Waals surface area (Å²) in [5.74, 6) is -0.513. The molecule has 6 nitrogen and oxygen atoms in total. The molecule has 0 amide bonds. The van der Waals surface area contributed by atoms with Gasteiger partial charge in [-0.15, -0.1) is 0 Å². The maximum absolute atomic E-state index is 12.4. The van der Waals surface area contributed by atoms with Gasteiger partial charge in [-0.25, -0.2) is 9.78 Å². The molecule has 0 spiro atoms. The molecule has 0 saturated carbocycles. The zero-order chi connectivity index (χ0) is 20.4. The molecule has 0 atom stereocenters. The Kier molecular flexibility index (Phi) is 5.05. The van der Waals surface area contributed by atoms with E-state index in [-0.39, 0.29) is 17.9 Å². The number of nitrogens with zero attached hydrogens (tertiary/aromatic N) is 3. The molecule has 1 N–H and O–H groups in total. The molecule has 0 aliphatic heterocycles. The van der Waals surface area contributed by atoms with Crippen LogP contribution >= 0.6 is 0 Å². The molecule has 29 heavy (non-hydrogen) atoms. The molecule has 0 unspecified atom stereocenters. The monoisotopic (exact) mass is 387 g/mol. The summed E-state index contributed by atoms with van der Waals surface area (Å²) in [6.07, 6.45) is 4.30. The molecule has 1 heterocycles. The summed E-state index contributed by atoms with van der Waals surface area (Å²) >= 11 is 0. The van der Waals surface area contributed by atoms with Crippen molar-refractivity contribution >= 4 is 22.6 Å². The number of aliphatic hydroxyl groups is 1. The van der Waals surface area contributed by atoms with Crippen LogP contribution in [0.2, 0.25) is 0 Å². The third-order valence-corrected chi connectivity index (χ3v) is 5.34. The Hall–Kier alpha value is -3.59. The van der Waals surface area contributed by atoms with Crippen molar-refractivity contribution in [2.75, 3.05) is 6.61 Å². The highest BCUT2D eigenvalue weighted by atomic mass is 16.5. The fourth-order valence-corrected chi connectivity index (χ4v) is 3.76. The van der Waals surface area contributed by atoms with Crippen LogP contribution in [-0.2, 0) is 24.6 Å². The summed E-state index contributed by atoms with van der Waals surface area (Å²) in [6, 6.07) is 15.0. The zero-order valence-corrected chi connectivity index (χ0v) is 16.2. The number of para-hydroxylation sites is 2. The third-order valence-electron chi connectivity index (χ3n) is 5.34. The van der Waals surface area contributed by atoms with Crippen LogP contribution in [-0.4, -0.2) is 27.2 Å². The van der Waals surface area contributed by atoms with Gasteiger partial charge in [0.15, 0.2) is 11.6 Å². The van der Waals surface area contributed by atoms with Gasteiger partial charge in [0.25, 0.3) is 0 Å². The molecule has 4 rings (SSSR count). The topological polar surface area (TPSA) is 88.1 Å². The Morgan fingerprint density at radius 2 is 1.97 bits per heavy atom. The second-order valence-electron chi connectivity index (χ2n) is 7.18. The predicted molar refractivity (Wildman–Crippen MR) is 109 cm³/mol. The van der Waals surface area contributed by atoms with Crippen molar-refractivity contribution < 1.29 is 14.6 Å². The lowest BCUT2D eigenvalue weighted by molar-refractivity contribution is 0.0502. The average molecular weight is 387 g/mol. The van der Waals surface area contributed by atoms with Crippen molar-refractivity contribution in [1.82, 2.24) is 9.55 Å². The van der Waals surface area contributed by atoms with E-state index in [0.29, 0.717) is 11.4 Å². The third kappa shape index (κ3) is 3.59. The van der Waals surface area contributed by atoms with E-state index in [1.165, 1.54) is 17.5 Å². The Morgan fingerprint density at radius 3 is 2.72 bits per heavy atom. The number of ether oxygens (including phenoxy) is 1. The van der Waals surface area contributed by atoms with Gasteiger partial charge in [-0.1, -0.05) is 18.2 Å². The first kappa shape index (κ1) is 18.8. The lowest BCUT2D eigenvalue weighted by Crippen LogP contribution is -2.11. The highest BCUT2D eigenvalue weighted by molar-refractivity contribution is 5.90. The maximum Gasteiger partial charge on any atom is 0.338 e. The van der Waals surface area contributed by atoms with Crippen LogP contribution in [0, 0.1) is 11.3 Å². The largest absolute Gasteiger partial charge is 0.507 e. The summed E-state index contributed by atoms with van der Waals surface area (Å²) in [5, 5.41) is 20.0. The molecule has 0 saturated heterocycles. The standard InChI is InChI=1S/C23H21N3O3/c1-26-20-9-5-4-8-19(20)25-22(26)18(13-24)21(27)14-29-23(28)17-11-10-15-6-2-3-7-16(15)12-17/h4-5,8-12,27H,2-3,6-7,14H2,1H3/b21-18-. The Morgan fingerprint density at radius 1 is 1.21 bits per heavy atom. The average Bonchev–Trinajstić information content (AvgIpc) is 3.08. The number of rotatable bonds is 4. The minimum atomic E-state index is -0.521. The van der Waals surface area contributed by atoms with Gasteiger partial charge >= 0.3 is 5.97 Å². The molecule has 1 aliphatic rings. The van der Waals surface area contributed by atoms with Gasteiger partial charge < -0.3 is 14.4 Å². The number of benzene rings is 2. The van der Waals surface area contributed by atoms with Gasteiger partial charge in [0.1, 0.15) is 18.2 Å². The number of imidazole rings is 1. The SMILES string of the molecule is Cn1c(/C(C#N)=C(\O)COC(=O)c2ccc3c(c2)CCCC3)nc2ccccc21. The number of fused-ring (bicyclic) bond motifs is 2. The highest BCUT2D eigenvalue weighted by Crippen LogP contribution is 2.24. The molecular formula is C23H21N3O3. The van der Waals surface area contributed by atoms with E-state index in [2.05, 4.69) is 4.98 Å². The number of hydrogen-bond acceptors (Lipinski definition) is 5. The number of aromatic nitrogens is 2. The molecule has 0 radical (unpaired) electrons. The van der Waals surface area contributed by atoms with Crippen LogP contribution in [0.3, 0.4) is 0 Å². The summed E-state index contributed by atoms with van der Waals surface area (Å²) in [6.45, 7) is -0.387. The molecule has 3 aromatic rings. The molecule has 146 valence electrons. The highest BCUT2D eigenvalue weighted by Gasteiger charge is 2.19. The number of aliphatic hydroxyl groups excluding tert-OH is 1. The smallest absolute Gasteiger partial charge is 0.338 e. The van der Waals surface area contributed by atoms with Crippen molar-refractivity contribution in [2.45, 2.75) is 25.7 Å². The van der Waals surface area contributed by atoms with E-state index < -0.39 is 5.97 Å². The van der Waals surface area contributed by atoms with Crippen LogP contribution in [0.1, 0.15) is 40.2 Å². The number of allylic oxidation sites excluding steroid dienone is 1. The van der Waals surface area contributed by atoms with Gasteiger partial charge in [-0.3, -0.25) is 0 Å². The number of hydrogen-bond donors (Lipinski definition) is 1. The zero-order valence-electron chi connectivity index (χ0n) is 16.2. The van der Waals surface area contributed by atoms with Crippen molar-refractivity contribution in [3.8, 4) is 6.07 Å². The summed E-state index contributed by atoms with van der Waals surface area (Å²) in [5.41, 5.74) is 4.47.